The van der Waals surface area contributed by atoms with Gasteiger partial charge in [-0.1, -0.05) is 34.1 Å². The monoisotopic (exact) mass is 381 g/mol. The van der Waals surface area contributed by atoms with E-state index in [1.807, 2.05) is 12.1 Å². The number of para-hydroxylation sites is 1. The van der Waals surface area contributed by atoms with Crippen LogP contribution in [0.15, 0.2) is 34.9 Å². The third-order valence-corrected chi connectivity index (χ3v) is 4.66. The molecule has 1 aliphatic carbocycles. The fraction of sp³-hybridized carbons (Fsp3) is 0.333. The lowest BCUT2D eigenvalue weighted by Gasteiger charge is -2.10. The Labute approximate surface area is 128 Å². The van der Waals surface area contributed by atoms with Crippen LogP contribution in [0.2, 0.25) is 0 Å². The maximum absolute atomic E-state index is 12.0. The zero-order valence-corrected chi connectivity index (χ0v) is 13.4. The summed E-state index contributed by atoms with van der Waals surface area (Å²) < 4.78 is 0.974. The number of hydrogen-bond acceptors (Lipinski definition) is 2. The topological polar surface area (TPSA) is 30.0 Å². The number of rotatable bonds is 4. The van der Waals surface area contributed by atoms with Gasteiger partial charge in [-0.3, -0.25) is 9.78 Å². The Balaban J connectivity index is 1.89. The molecule has 1 aromatic carbocycles. The van der Waals surface area contributed by atoms with E-state index in [0.29, 0.717) is 18.1 Å². The van der Waals surface area contributed by atoms with Crippen LogP contribution >= 0.6 is 31.9 Å². The molecular weight excluding hydrogens is 370 g/mol. The van der Waals surface area contributed by atoms with Crippen LogP contribution in [0.25, 0.3) is 10.9 Å². The van der Waals surface area contributed by atoms with Crippen molar-refractivity contribution >= 4 is 48.5 Å². The van der Waals surface area contributed by atoms with Crippen LogP contribution in [0.4, 0.5) is 0 Å². The second-order valence-corrected chi connectivity index (χ2v) is 7.01. The fourth-order valence-corrected chi connectivity index (χ4v) is 3.35. The quantitative estimate of drug-likeness (QED) is 0.738. The molecule has 0 radical (unpaired) electrons. The Morgan fingerprint density at radius 3 is 2.95 bits per heavy atom. The lowest BCUT2D eigenvalue weighted by Crippen LogP contribution is -2.18. The van der Waals surface area contributed by atoms with Gasteiger partial charge in [-0.15, -0.1) is 0 Å². The lowest BCUT2D eigenvalue weighted by atomic mass is 10.0. The van der Waals surface area contributed by atoms with Crippen molar-refractivity contribution in [2.45, 2.75) is 24.1 Å². The highest BCUT2D eigenvalue weighted by Gasteiger charge is 2.33. The molecule has 3 rings (SSSR count). The van der Waals surface area contributed by atoms with E-state index in [0.717, 1.165) is 33.8 Å². The summed E-state index contributed by atoms with van der Waals surface area (Å²) in [6.45, 7) is 0. The number of carbonyl (C=O) groups excluding carboxylic acids is 1. The minimum Gasteiger partial charge on any atom is -0.298 e. The third kappa shape index (κ3) is 2.90. The number of benzene rings is 1. The summed E-state index contributed by atoms with van der Waals surface area (Å²) >= 11 is 6.97. The van der Waals surface area contributed by atoms with Crippen molar-refractivity contribution < 1.29 is 4.79 Å². The van der Waals surface area contributed by atoms with E-state index in [1.54, 1.807) is 6.20 Å². The molecule has 0 bridgehead atoms. The summed E-state index contributed by atoms with van der Waals surface area (Å²) in [6.07, 6.45) is 4.63. The maximum atomic E-state index is 12.0. The molecule has 0 saturated heterocycles. The first kappa shape index (κ1) is 13.3. The van der Waals surface area contributed by atoms with Crippen molar-refractivity contribution in [3.63, 3.8) is 0 Å². The molecule has 1 aliphatic rings. The van der Waals surface area contributed by atoms with Crippen molar-refractivity contribution in [3.05, 3.63) is 40.5 Å². The molecule has 1 atom stereocenters. The summed E-state index contributed by atoms with van der Waals surface area (Å²) in [6, 6.07) is 8.17. The highest BCUT2D eigenvalue weighted by molar-refractivity contribution is 9.10. The first-order valence-electron chi connectivity index (χ1n) is 6.36. The zero-order chi connectivity index (χ0) is 13.4. The Bertz CT molecular complexity index is 637. The molecule has 1 unspecified atom stereocenters. The molecule has 1 saturated carbocycles. The third-order valence-electron chi connectivity index (χ3n) is 3.45. The van der Waals surface area contributed by atoms with Gasteiger partial charge >= 0.3 is 0 Å². The molecule has 98 valence electrons. The van der Waals surface area contributed by atoms with Gasteiger partial charge in [0.1, 0.15) is 5.78 Å². The SMILES string of the molecule is O=C(C(Br)Cc1cccc2cc(Br)cnc12)C1CC1. The van der Waals surface area contributed by atoms with Gasteiger partial charge in [0.15, 0.2) is 0 Å². The summed E-state index contributed by atoms with van der Waals surface area (Å²) in [7, 11) is 0. The molecular formula is C15H13Br2NO. The van der Waals surface area contributed by atoms with Crippen LogP contribution in [-0.2, 0) is 11.2 Å². The van der Waals surface area contributed by atoms with Crippen molar-refractivity contribution in [2.75, 3.05) is 0 Å². The summed E-state index contributed by atoms with van der Waals surface area (Å²) in [5.74, 6) is 0.635. The number of ketones is 1. The number of pyridine rings is 1. The van der Waals surface area contributed by atoms with E-state index in [4.69, 9.17) is 0 Å². The first-order chi connectivity index (χ1) is 9.15. The van der Waals surface area contributed by atoms with E-state index in [-0.39, 0.29) is 4.83 Å². The van der Waals surface area contributed by atoms with Crippen LogP contribution < -0.4 is 0 Å². The predicted octanol–water partition coefficient (Wildman–Crippen LogP) is 4.28. The highest BCUT2D eigenvalue weighted by atomic mass is 79.9. The largest absolute Gasteiger partial charge is 0.298 e. The molecule has 0 amide bonds. The number of nitrogens with zero attached hydrogens (tertiary/aromatic N) is 1. The number of halogens is 2. The smallest absolute Gasteiger partial charge is 0.149 e. The Morgan fingerprint density at radius 2 is 2.21 bits per heavy atom. The van der Waals surface area contributed by atoms with E-state index >= 15 is 0 Å². The maximum Gasteiger partial charge on any atom is 0.149 e. The normalized spacial score (nSPS) is 16.5. The first-order valence-corrected chi connectivity index (χ1v) is 8.07. The number of carbonyl (C=O) groups is 1. The van der Waals surface area contributed by atoms with Crippen molar-refractivity contribution in [1.29, 1.82) is 0 Å². The zero-order valence-electron chi connectivity index (χ0n) is 10.3. The van der Waals surface area contributed by atoms with E-state index < -0.39 is 0 Å². The minimum absolute atomic E-state index is 0.0870. The number of aromatic nitrogens is 1. The van der Waals surface area contributed by atoms with Gasteiger partial charge in [-0.25, -0.2) is 0 Å². The van der Waals surface area contributed by atoms with Crippen LogP contribution in [0.5, 0.6) is 0 Å². The van der Waals surface area contributed by atoms with Crippen molar-refractivity contribution in [2.24, 2.45) is 5.92 Å². The average Bonchev–Trinajstić information content (AvgIpc) is 3.22. The molecule has 0 aliphatic heterocycles. The van der Waals surface area contributed by atoms with Gasteiger partial charge in [0.05, 0.1) is 10.3 Å². The fourth-order valence-electron chi connectivity index (χ4n) is 2.28. The molecule has 0 spiro atoms. The highest BCUT2D eigenvalue weighted by Crippen LogP contribution is 2.33. The molecule has 0 N–H and O–H groups in total. The Morgan fingerprint density at radius 1 is 1.42 bits per heavy atom. The Hall–Kier alpha value is -0.740. The molecule has 1 aromatic heterocycles. The molecule has 2 nitrogen and oxygen atoms in total. The molecule has 1 heterocycles. The number of fused-ring (bicyclic) bond motifs is 1. The van der Waals surface area contributed by atoms with Gasteiger partial charge < -0.3 is 0 Å². The molecule has 1 fully saturated rings. The second kappa shape index (κ2) is 5.33. The number of alkyl halides is 1. The molecule has 4 heteroatoms. The predicted molar refractivity (Wildman–Crippen MR) is 83.6 cm³/mol. The average molecular weight is 383 g/mol. The van der Waals surface area contributed by atoms with E-state index in [2.05, 4.69) is 49.0 Å². The molecule has 2 aromatic rings. The van der Waals surface area contributed by atoms with Gasteiger partial charge in [0.2, 0.25) is 0 Å². The van der Waals surface area contributed by atoms with Gasteiger partial charge in [0, 0.05) is 22.0 Å². The lowest BCUT2D eigenvalue weighted by molar-refractivity contribution is -0.119. The summed E-state index contributed by atoms with van der Waals surface area (Å²) in [5, 5.41) is 1.10. The van der Waals surface area contributed by atoms with Gasteiger partial charge in [0.25, 0.3) is 0 Å². The van der Waals surface area contributed by atoms with Gasteiger partial charge in [-0.2, -0.15) is 0 Å². The van der Waals surface area contributed by atoms with E-state index in [9.17, 15) is 4.79 Å². The summed E-state index contributed by atoms with van der Waals surface area (Å²) in [4.78, 5) is 16.4. The number of Topliss-reactive ketones (excluding diaryl/α,β-unsaturated/α-hetero) is 1. The van der Waals surface area contributed by atoms with Crippen LogP contribution in [0.3, 0.4) is 0 Å². The van der Waals surface area contributed by atoms with Crippen molar-refractivity contribution in [1.82, 2.24) is 4.98 Å². The standard InChI is InChI=1S/C15H13Br2NO/c16-12-6-10-2-1-3-11(14(10)18-8-12)7-13(17)15(19)9-4-5-9/h1-3,6,8-9,13H,4-5,7H2. The Kier molecular flexibility index (Phi) is 3.72. The van der Waals surface area contributed by atoms with Crippen LogP contribution in [-0.4, -0.2) is 15.6 Å². The second-order valence-electron chi connectivity index (χ2n) is 4.99. The minimum atomic E-state index is -0.0870. The van der Waals surface area contributed by atoms with Crippen LogP contribution in [0, 0.1) is 5.92 Å². The summed E-state index contributed by atoms with van der Waals surface area (Å²) in [5.41, 5.74) is 2.11. The van der Waals surface area contributed by atoms with Gasteiger partial charge in [-0.05, 0) is 46.8 Å². The van der Waals surface area contributed by atoms with Crippen LogP contribution in [0.1, 0.15) is 18.4 Å². The molecule has 19 heavy (non-hydrogen) atoms. The van der Waals surface area contributed by atoms with Crippen molar-refractivity contribution in [3.8, 4) is 0 Å². The van der Waals surface area contributed by atoms with E-state index in [1.165, 1.54) is 0 Å². The number of hydrogen-bond donors (Lipinski definition) is 0.